The molecule has 2 heterocycles. The average molecular weight is 452 g/mol. The number of nitrogens with zero attached hydrogens (tertiary/aromatic N) is 2. The lowest BCUT2D eigenvalue weighted by atomic mass is 9.97. The minimum Gasteiger partial charge on any atom is -0.369 e. The van der Waals surface area contributed by atoms with Crippen molar-refractivity contribution in [3.05, 3.63) is 29.8 Å². The Bertz CT molecular complexity index is 918. The van der Waals surface area contributed by atoms with Crippen LogP contribution in [0.15, 0.2) is 29.2 Å². The SMILES string of the molecule is NC(=O)[C@H]1CCCN(CCCNC(=O)c2ccc(S(=O)(=O)N3CCNC(=O)C3)cc2)C1. The van der Waals surface area contributed by atoms with Crippen LogP contribution in [0.25, 0.3) is 0 Å². The van der Waals surface area contributed by atoms with E-state index < -0.39 is 10.0 Å². The predicted molar refractivity (Wildman–Crippen MR) is 114 cm³/mol. The lowest BCUT2D eigenvalue weighted by molar-refractivity contribution is -0.123. The number of piperazine rings is 1. The number of piperidine rings is 1. The van der Waals surface area contributed by atoms with E-state index in [9.17, 15) is 22.8 Å². The number of hydrogen-bond acceptors (Lipinski definition) is 6. The van der Waals surface area contributed by atoms with E-state index in [4.69, 9.17) is 5.73 Å². The molecule has 0 unspecified atom stereocenters. The third kappa shape index (κ3) is 6.02. The highest BCUT2D eigenvalue weighted by molar-refractivity contribution is 7.89. The van der Waals surface area contributed by atoms with Gasteiger partial charge in [-0.15, -0.1) is 0 Å². The van der Waals surface area contributed by atoms with E-state index in [1.165, 1.54) is 24.3 Å². The Hall–Kier alpha value is -2.50. The molecule has 2 fully saturated rings. The first-order chi connectivity index (χ1) is 14.8. The van der Waals surface area contributed by atoms with Crippen molar-refractivity contribution in [3.63, 3.8) is 0 Å². The number of benzene rings is 1. The number of rotatable bonds is 8. The van der Waals surface area contributed by atoms with E-state index in [0.29, 0.717) is 18.7 Å². The van der Waals surface area contributed by atoms with E-state index in [1.807, 2.05) is 0 Å². The molecule has 4 N–H and O–H groups in total. The smallest absolute Gasteiger partial charge is 0.251 e. The van der Waals surface area contributed by atoms with Crippen LogP contribution >= 0.6 is 0 Å². The van der Waals surface area contributed by atoms with Crippen LogP contribution in [0.3, 0.4) is 0 Å². The van der Waals surface area contributed by atoms with E-state index in [2.05, 4.69) is 15.5 Å². The van der Waals surface area contributed by atoms with Crippen molar-refractivity contribution in [2.75, 3.05) is 45.8 Å². The molecule has 170 valence electrons. The summed E-state index contributed by atoms with van der Waals surface area (Å²) in [7, 11) is -3.78. The van der Waals surface area contributed by atoms with E-state index >= 15 is 0 Å². The van der Waals surface area contributed by atoms with Crippen LogP contribution in [0, 0.1) is 5.92 Å². The molecule has 11 heteroatoms. The summed E-state index contributed by atoms with van der Waals surface area (Å²) in [5.74, 6) is -0.972. The number of primary amides is 1. The Morgan fingerprint density at radius 1 is 1.19 bits per heavy atom. The van der Waals surface area contributed by atoms with Gasteiger partial charge in [0.15, 0.2) is 0 Å². The predicted octanol–water partition coefficient (Wildman–Crippen LogP) is -0.876. The molecule has 0 aromatic heterocycles. The fraction of sp³-hybridized carbons (Fsp3) is 0.550. The molecule has 10 nitrogen and oxygen atoms in total. The summed E-state index contributed by atoms with van der Waals surface area (Å²) in [6, 6.07) is 5.70. The van der Waals surface area contributed by atoms with Gasteiger partial charge < -0.3 is 21.3 Å². The maximum absolute atomic E-state index is 12.7. The number of hydrogen-bond donors (Lipinski definition) is 3. The number of nitrogens with one attached hydrogen (secondary N) is 2. The van der Waals surface area contributed by atoms with E-state index in [0.717, 1.165) is 36.7 Å². The maximum Gasteiger partial charge on any atom is 0.251 e. The molecule has 0 aliphatic carbocycles. The Labute approximate surface area is 182 Å². The van der Waals surface area contributed by atoms with Crippen LogP contribution in [0.5, 0.6) is 0 Å². The molecular weight excluding hydrogens is 422 g/mol. The van der Waals surface area contributed by atoms with Gasteiger partial charge in [-0.1, -0.05) is 0 Å². The maximum atomic E-state index is 12.7. The zero-order valence-corrected chi connectivity index (χ0v) is 18.2. The molecule has 31 heavy (non-hydrogen) atoms. The number of carbonyl (C=O) groups is 3. The Morgan fingerprint density at radius 3 is 2.61 bits per heavy atom. The normalized spacial score (nSPS) is 20.8. The van der Waals surface area contributed by atoms with Crippen LogP contribution in [-0.4, -0.2) is 81.2 Å². The molecular formula is C20H29N5O5S. The highest BCUT2D eigenvalue weighted by atomic mass is 32.2. The summed E-state index contributed by atoms with van der Waals surface area (Å²) in [4.78, 5) is 37.4. The van der Waals surface area contributed by atoms with Gasteiger partial charge in [-0.2, -0.15) is 4.31 Å². The quantitative estimate of drug-likeness (QED) is 0.439. The fourth-order valence-corrected chi connectivity index (χ4v) is 5.24. The number of likely N-dealkylation sites (tertiary alicyclic amines) is 1. The van der Waals surface area contributed by atoms with Crippen LogP contribution in [0.2, 0.25) is 0 Å². The average Bonchev–Trinajstić information content (AvgIpc) is 2.77. The molecule has 1 aromatic carbocycles. The Morgan fingerprint density at radius 2 is 1.94 bits per heavy atom. The third-order valence-electron chi connectivity index (χ3n) is 5.60. The molecule has 1 aromatic rings. The number of nitrogens with two attached hydrogens (primary N) is 1. The molecule has 0 spiro atoms. The van der Waals surface area contributed by atoms with Crippen LogP contribution in [0.1, 0.15) is 29.6 Å². The van der Waals surface area contributed by atoms with Crippen molar-refractivity contribution >= 4 is 27.7 Å². The second kappa shape index (κ2) is 10.2. The van der Waals surface area contributed by atoms with Gasteiger partial charge in [0, 0.05) is 31.7 Å². The Balaban J connectivity index is 1.47. The first kappa shape index (κ1) is 23.2. The minimum atomic E-state index is -3.78. The van der Waals surface area contributed by atoms with Gasteiger partial charge in [0.05, 0.1) is 17.4 Å². The molecule has 0 saturated carbocycles. The highest BCUT2D eigenvalue weighted by Crippen LogP contribution is 2.18. The largest absolute Gasteiger partial charge is 0.369 e. The minimum absolute atomic E-state index is 0.0489. The Kier molecular flexibility index (Phi) is 7.63. The molecule has 3 amide bonds. The van der Waals surface area contributed by atoms with Gasteiger partial charge in [0.25, 0.3) is 5.91 Å². The summed E-state index contributed by atoms with van der Waals surface area (Å²) in [6.07, 6.45) is 2.51. The summed E-state index contributed by atoms with van der Waals surface area (Å²) in [6.45, 7) is 3.11. The molecule has 0 bridgehead atoms. The van der Waals surface area contributed by atoms with Crippen molar-refractivity contribution < 1.29 is 22.8 Å². The van der Waals surface area contributed by atoms with Crippen LogP contribution in [0.4, 0.5) is 0 Å². The standard InChI is InChI=1S/C20H29N5O5S/c21-19(27)16-3-1-10-24(13-16)11-2-8-23-20(28)15-4-6-17(7-5-15)31(29,30)25-12-9-22-18(26)14-25/h4-7,16H,1-3,8-14H2,(H2,21,27)(H,22,26)(H,23,28)/t16-/m0/s1. The first-order valence-electron chi connectivity index (χ1n) is 10.4. The van der Waals surface area contributed by atoms with E-state index in [1.54, 1.807) is 0 Å². The molecule has 0 radical (unpaired) electrons. The second-order valence-electron chi connectivity index (χ2n) is 7.86. The zero-order chi connectivity index (χ0) is 22.4. The summed E-state index contributed by atoms with van der Waals surface area (Å²) in [5.41, 5.74) is 5.76. The van der Waals surface area contributed by atoms with Gasteiger partial charge >= 0.3 is 0 Å². The highest BCUT2D eigenvalue weighted by Gasteiger charge is 2.29. The number of sulfonamides is 1. The van der Waals surface area contributed by atoms with Gasteiger partial charge in [-0.05, 0) is 56.6 Å². The lowest BCUT2D eigenvalue weighted by Crippen LogP contribution is -2.49. The molecule has 3 rings (SSSR count). The van der Waals surface area contributed by atoms with Crippen molar-refractivity contribution in [1.29, 1.82) is 0 Å². The summed E-state index contributed by atoms with van der Waals surface area (Å²) < 4.78 is 26.4. The fourth-order valence-electron chi connectivity index (χ4n) is 3.85. The van der Waals surface area contributed by atoms with Crippen LogP contribution in [-0.2, 0) is 19.6 Å². The van der Waals surface area contributed by atoms with E-state index in [-0.39, 0.29) is 48.2 Å². The number of amides is 3. The van der Waals surface area contributed by atoms with Crippen molar-refractivity contribution in [1.82, 2.24) is 19.8 Å². The molecule has 2 saturated heterocycles. The second-order valence-corrected chi connectivity index (χ2v) is 9.80. The van der Waals surface area contributed by atoms with Crippen molar-refractivity contribution in [2.24, 2.45) is 11.7 Å². The molecule has 2 aliphatic rings. The van der Waals surface area contributed by atoms with Gasteiger partial charge in [0.1, 0.15) is 0 Å². The topological polar surface area (TPSA) is 142 Å². The molecule has 2 aliphatic heterocycles. The summed E-state index contributed by atoms with van der Waals surface area (Å²) >= 11 is 0. The monoisotopic (exact) mass is 451 g/mol. The number of carbonyl (C=O) groups excluding carboxylic acids is 3. The van der Waals surface area contributed by atoms with Crippen molar-refractivity contribution in [2.45, 2.75) is 24.2 Å². The van der Waals surface area contributed by atoms with Crippen molar-refractivity contribution in [3.8, 4) is 0 Å². The zero-order valence-electron chi connectivity index (χ0n) is 17.4. The van der Waals surface area contributed by atoms with Gasteiger partial charge in [0.2, 0.25) is 21.8 Å². The summed E-state index contributed by atoms with van der Waals surface area (Å²) in [5, 5.41) is 5.42. The first-order valence-corrected chi connectivity index (χ1v) is 11.9. The molecule has 1 atom stereocenters. The van der Waals surface area contributed by atoms with Crippen LogP contribution < -0.4 is 16.4 Å². The van der Waals surface area contributed by atoms with Gasteiger partial charge in [-0.25, -0.2) is 8.42 Å². The van der Waals surface area contributed by atoms with Gasteiger partial charge in [-0.3, -0.25) is 14.4 Å². The lowest BCUT2D eigenvalue weighted by Gasteiger charge is -2.31. The third-order valence-corrected chi connectivity index (χ3v) is 7.46.